The van der Waals surface area contributed by atoms with Crippen molar-refractivity contribution >= 4 is 19.7 Å². The first-order valence-corrected chi connectivity index (χ1v) is 5.82. The molecule has 0 aromatic rings. The van der Waals surface area contributed by atoms with Gasteiger partial charge in [0, 0.05) is 6.04 Å². The highest BCUT2D eigenvalue weighted by Crippen LogP contribution is 2.35. The van der Waals surface area contributed by atoms with Crippen LogP contribution in [0, 0.1) is 0 Å². The number of hydrogen-bond acceptors (Lipinski definition) is 4. The first-order valence-electron chi connectivity index (χ1n) is 4.03. The Balaban J connectivity index is 4.38. The number of ketones is 1. The number of aldehydes is 1. The van der Waals surface area contributed by atoms with E-state index in [1.807, 2.05) is 0 Å². The average molecular weight is 223 g/mol. The van der Waals surface area contributed by atoms with Crippen LogP contribution in [0.2, 0.25) is 0 Å². The molecule has 6 nitrogen and oxygen atoms in total. The van der Waals surface area contributed by atoms with E-state index in [9.17, 15) is 14.2 Å². The SMILES string of the molecule is CC(C)N(CC(=O)C=O)CP(=O)(O)O. The summed E-state index contributed by atoms with van der Waals surface area (Å²) in [7, 11) is -4.18. The zero-order valence-corrected chi connectivity index (χ0v) is 8.98. The molecule has 0 spiro atoms. The predicted molar refractivity (Wildman–Crippen MR) is 49.8 cm³/mol. The molecule has 82 valence electrons. The van der Waals surface area contributed by atoms with Gasteiger partial charge in [-0.3, -0.25) is 19.1 Å². The van der Waals surface area contributed by atoms with Crippen molar-refractivity contribution in [2.75, 3.05) is 12.8 Å². The Morgan fingerprint density at radius 2 is 2.00 bits per heavy atom. The first kappa shape index (κ1) is 13.4. The molecule has 0 aliphatic heterocycles. The minimum Gasteiger partial charge on any atom is -0.324 e. The lowest BCUT2D eigenvalue weighted by Crippen LogP contribution is -2.36. The van der Waals surface area contributed by atoms with Gasteiger partial charge in [-0.1, -0.05) is 0 Å². The Labute approximate surface area is 82.1 Å². The molecule has 0 saturated carbocycles. The third-order valence-corrected chi connectivity index (χ3v) is 2.32. The molecule has 0 aliphatic rings. The van der Waals surface area contributed by atoms with Crippen molar-refractivity contribution in [1.82, 2.24) is 4.90 Å². The number of carbonyl (C=O) groups is 2. The molecule has 7 heteroatoms. The lowest BCUT2D eigenvalue weighted by molar-refractivity contribution is -0.130. The largest absolute Gasteiger partial charge is 0.339 e. The number of hydrogen-bond donors (Lipinski definition) is 2. The van der Waals surface area contributed by atoms with Crippen LogP contribution in [-0.4, -0.2) is 45.6 Å². The van der Waals surface area contributed by atoms with Crippen LogP contribution < -0.4 is 0 Å². The van der Waals surface area contributed by atoms with Crippen LogP contribution in [0.5, 0.6) is 0 Å². The fraction of sp³-hybridized carbons (Fsp3) is 0.714. The monoisotopic (exact) mass is 223 g/mol. The van der Waals surface area contributed by atoms with Crippen molar-refractivity contribution in [1.29, 1.82) is 0 Å². The molecule has 0 saturated heterocycles. The lowest BCUT2D eigenvalue weighted by atomic mass is 10.3. The van der Waals surface area contributed by atoms with Gasteiger partial charge in [0.25, 0.3) is 0 Å². The Morgan fingerprint density at radius 3 is 2.29 bits per heavy atom. The number of carbonyl (C=O) groups excluding carboxylic acids is 2. The number of rotatable bonds is 6. The maximum Gasteiger partial charge on any atom is 0.339 e. The fourth-order valence-electron chi connectivity index (χ4n) is 0.870. The van der Waals surface area contributed by atoms with Gasteiger partial charge in [-0.05, 0) is 13.8 Å². The zero-order chi connectivity index (χ0) is 11.4. The molecule has 0 aromatic carbocycles. The second-order valence-corrected chi connectivity index (χ2v) is 4.84. The fourth-order valence-corrected chi connectivity index (χ4v) is 1.77. The minimum absolute atomic E-state index is 0.148. The van der Waals surface area contributed by atoms with Gasteiger partial charge in [0.1, 0.15) is 6.29 Å². The molecular weight excluding hydrogens is 209 g/mol. The van der Waals surface area contributed by atoms with Crippen LogP contribution in [0.4, 0.5) is 0 Å². The molecule has 0 atom stereocenters. The van der Waals surface area contributed by atoms with E-state index < -0.39 is 19.7 Å². The standard InChI is InChI=1S/C7H14NO5P/c1-6(2)8(3-7(10)4-9)5-14(11,12)13/h4,6H,3,5H2,1-2H3,(H2,11,12,13). The molecule has 2 N–H and O–H groups in total. The molecule has 0 heterocycles. The normalized spacial score (nSPS) is 12.1. The molecule has 14 heavy (non-hydrogen) atoms. The third-order valence-electron chi connectivity index (χ3n) is 1.59. The van der Waals surface area contributed by atoms with Crippen molar-refractivity contribution in [2.24, 2.45) is 0 Å². The molecular formula is C7H14NO5P. The summed E-state index contributed by atoms with van der Waals surface area (Å²) in [6.07, 6.45) is -0.362. The Hall–Kier alpha value is -0.550. The Morgan fingerprint density at radius 1 is 1.50 bits per heavy atom. The average Bonchev–Trinajstić information content (AvgIpc) is 2.00. The number of nitrogens with zero attached hydrogens (tertiary/aromatic N) is 1. The summed E-state index contributed by atoms with van der Waals surface area (Å²) in [5.41, 5.74) is 0. The minimum atomic E-state index is -4.18. The maximum absolute atomic E-state index is 10.7. The van der Waals surface area contributed by atoms with E-state index >= 15 is 0 Å². The van der Waals surface area contributed by atoms with Crippen molar-refractivity contribution < 1.29 is 23.9 Å². The van der Waals surface area contributed by atoms with Crippen LogP contribution in [0.3, 0.4) is 0 Å². The van der Waals surface area contributed by atoms with Crippen LogP contribution in [0.1, 0.15) is 13.8 Å². The first-order chi connectivity index (χ1) is 6.26. The van der Waals surface area contributed by atoms with Gasteiger partial charge in [0.15, 0.2) is 6.29 Å². The van der Waals surface area contributed by atoms with Gasteiger partial charge in [-0.2, -0.15) is 0 Å². The summed E-state index contributed by atoms with van der Waals surface area (Å²) in [6, 6.07) is -0.202. The summed E-state index contributed by atoms with van der Waals surface area (Å²) in [5, 5.41) is 0. The highest BCUT2D eigenvalue weighted by molar-refractivity contribution is 7.51. The summed E-state index contributed by atoms with van der Waals surface area (Å²) < 4.78 is 10.7. The smallest absolute Gasteiger partial charge is 0.324 e. The quantitative estimate of drug-likeness (QED) is 0.361. The van der Waals surface area contributed by atoms with Gasteiger partial charge in [0.05, 0.1) is 6.54 Å². The van der Waals surface area contributed by atoms with E-state index in [1.165, 1.54) is 4.90 Å². The van der Waals surface area contributed by atoms with Crippen LogP contribution in [0.15, 0.2) is 0 Å². The summed E-state index contributed by atoms with van der Waals surface area (Å²) in [4.78, 5) is 39.5. The Bertz CT molecular complexity index is 259. The van der Waals surface area contributed by atoms with Gasteiger partial charge in [-0.15, -0.1) is 0 Å². The molecule has 0 aliphatic carbocycles. The van der Waals surface area contributed by atoms with Crippen LogP contribution in [-0.2, 0) is 14.2 Å². The molecule has 0 rings (SSSR count). The Kier molecular flexibility index (Phi) is 5.15. The molecule has 0 amide bonds. The van der Waals surface area contributed by atoms with Crippen LogP contribution >= 0.6 is 7.60 Å². The summed E-state index contributed by atoms with van der Waals surface area (Å²) in [5.74, 6) is -0.688. The van der Waals surface area contributed by atoms with E-state index in [1.54, 1.807) is 13.8 Å². The second-order valence-electron chi connectivity index (χ2n) is 3.23. The molecule has 0 fully saturated rings. The molecule has 0 radical (unpaired) electrons. The van der Waals surface area contributed by atoms with E-state index in [0.717, 1.165) is 0 Å². The maximum atomic E-state index is 10.7. The van der Waals surface area contributed by atoms with E-state index in [-0.39, 0.29) is 18.9 Å². The van der Waals surface area contributed by atoms with Gasteiger partial charge >= 0.3 is 7.60 Å². The summed E-state index contributed by atoms with van der Waals surface area (Å²) >= 11 is 0. The van der Waals surface area contributed by atoms with E-state index in [0.29, 0.717) is 0 Å². The van der Waals surface area contributed by atoms with Crippen LogP contribution in [0.25, 0.3) is 0 Å². The lowest BCUT2D eigenvalue weighted by Gasteiger charge is -2.24. The predicted octanol–water partition coefficient (Wildman–Crippen LogP) is -0.400. The molecule has 0 bridgehead atoms. The molecule has 0 unspecified atom stereocenters. The van der Waals surface area contributed by atoms with Crippen molar-refractivity contribution in [3.8, 4) is 0 Å². The van der Waals surface area contributed by atoms with Crippen molar-refractivity contribution in [3.05, 3.63) is 0 Å². The highest BCUT2D eigenvalue weighted by atomic mass is 31.2. The van der Waals surface area contributed by atoms with Gasteiger partial charge in [-0.25, -0.2) is 0 Å². The third kappa shape index (κ3) is 5.99. The van der Waals surface area contributed by atoms with Gasteiger partial charge in [0.2, 0.25) is 5.78 Å². The second kappa shape index (κ2) is 5.36. The highest BCUT2D eigenvalue weighted by Gasteiger charge is 2.22. The number of Topliss-reactive ketones (excluding diaryl/α,β-unsaturated/α-hetero) is 1. The van der Waals surface area contributed by atoms with Gasteiger partial charge < -0.3 is 9.79 Å². The topological polar surface area (TPSA) is 94.9 Å². The molecule has 0 aromatic heterocycles. The summed E-state index contributed by atoms with van der Waals surface area (Å²) in [6.45, 7) is 3.12. The zero-order valence-electron chi connectivity index (χ0n) is 8.08. The van der Waals surface area contributed by atoms with Crippen molar-refractivity contribution in [2.45, 2.75) is 19.9 Å². The van der Waals surface area contributed by atoms with Crippen molar-refractivity contribution in [3.63, 3.8) is 0 Å². The van der Waals surface area contributed by atoms with E-state index in [2.05, 4.69) is 0 Å². The van der Waals surface area contributed by atoms with E-state index in [4.69, 9.17) is 9.79 Å².